The van der Waals surface area contributed by atoms with E-state index in [0.29, 0.717) is 16.9 Å². The van der Waals surface area contributed by atoms with Crippen LogP contribution in [0.1, 0.15) is 25.0 Å². The quantitative estimate of drug-likeness (QED) is 0.638. The summed E-state index contributed by atoms with van der Waals surface area (Å²) in [5, 5.41) is -0.463. The Labute approximate surface area is 125 Å². The van der Waals surface area contributed by atoms with E-state index < -0.39 is 17.2 Å². The Kier molecular flexibility index (Phi) is 4.50. The number of hydrogen-bond donors (Lipinski definition) is 0. The lowest BCUT2D eigenvalue weighted by Crippen LogP contribution is -2.15. The number of benzene rings is 1. The van der Waals surface area contributed by atoms with E-state index in [2.05, 4.69) is 4.98 Å². The standard InChI is InChI=1S/C13H13Cl2FN2O2/c1-3-20-12(19)6-18-11-4-8(15)9(16)5-10(11)17-13(18)7(2)14/h4-5,7H,3,6H2,1-2H3. The van der Waals surface area contributed by atoms with Crippen LogP contribution in [0, 0.1) is 5.82 Å². The van der Waals surface area contributed by atoms with Crippen LogP contribution in [0.3, 0.4) is 0 Å². The number of nitrogens with zero attached hydrogens (tertiary/aromatic N) is 2. The predicted molar refractivity (Wildman–Crippen MR) is 75.6 cm³/mol. The van der Waals surface area contributed by atoms with Gasteiger partial charge in [-0.05, 0) is 19.9 Å². The molecule has 0 saturated carbocycles. The minimum atomic E-state index is -0.561. The Balaban J connectivity index is 2.56. The third kappa shape index (κ3) is 2.88. The number of ether oxygens (including phenoxy) is 1. The molecule has 7 heteroatoms. The van der Waals surface area contributed by atoms with E-state index in [-0.39, 0.29) is 18.2 Å². The number of hydrogen-bond acceptors (Lipinski definition) is 3. The van der Waals surface area contributed by atoms with Gasteiger partial charge in [-0.15, -0.1) is 11.6 Å². The molecule has 0 N–H and O–H groups in total. The van der Waals surface area contributed by atoms with Gasteiger partial charge in [0.05, 0.1) is 28.0 Å². The van der Waals surface area contributed by atoms with Gasteiger partial charge in [0.1, 0.15) is 18.2 Å². The summed E-state index contributed by atoms with van der Waals surface area (Å²) in [5.74, 6) is -0.504. The molecule has 0 aliphatic heterocycles. The van der Waals surface area contributed by atoms with E-state index in [0.717, 1.165) is 0 Å². The van der Waals surface area contributed by atoms with Crippen molar-refractivity contribution in [1.82, 2.24) is 9.55 Å². The lowest BCUT2D eigenvalue weighted by molar-refractivity contribution is -0.143. The van der Waals surface area contributed by atoms with Gasteiger partial charge in [-0.1, -0.05) is 11.6 Å². The SMILES string of the molecule is CCOC(=O)Cn1c(C(C)Cl)nc2cc(F)c(Cl)cc21. The normalized spacial score (nSPS) is 12.7. The summed E-state index contributed by atoms with van der Waals surface area (Å²) in [4.78, 5) is 15.9. The van der Waals surface area contributed by atoms with Gasteiger partial charge in [-0.3, -0.25) is 4.79 Å². The first-order valence-corrected chi connectivity index (χ1v) is 6.90. The van der Waals surface area contributed by atoms with Gasteiger partial charge < -0.3 is 9.30 Å². The van der Waals surface area contributed by atoms with Gasteiger partial charge in [0.2, 0.25) is 0 Å². The Morgan fingerprint density at radius 3 is 2.85 bits per heavy atom. The van der Waals surface area contributed by atoms with E-state index in [1.54, 1.807) is 18.4 Å². The number of carbonyl (C=O) groups excluding carboxylic acids is 1. The van der Waals surface area contributed by atoms with Crippen LogP contribution < -0.4 is 0 Å². The molecule has 1 aromatic heterocycles. The second-order valence-corrected chi connectivity index (χ2v) is 5.29. The Morgan fingerprint density at radius 2 is 2.25 bits per heavy atom. The Morgan fingerprint density at radius 1 is 1.55 bits per heavy atom. The Hall–Kier alpha value is -1.33. The van der Waals surface area contributed by atoms with Crippen molar-refractivity contribution in [1.29, 1.82) is 0 Å². The third-order valence-corrected chi connectivity index (χ3v) is 3.25. The van der Waals surface area contributed by atoms with E-state index in [9.17, 15) is 9.18 Å². The lowest BCUT2D eigenvalue weighted by atomic mass is 10.3. The fourth-order valence-corrected chi connectivity index (χ4v) is 2.27. The topological polar surface area (TPSA) is 44.1 Å². The van der Waals surface area contributed by atoms with Crippen molar-refractivity contribution in [2.24, 2.45) is 0 Å². The molecule has 20 heavy (non-hydrogen) atoms. The average molecular weight is 319 g/mol. The molecule has 0 amide bonds. The van der Waals surface area contributed by atoms with E-state index in [1.807, 2.05) is 0 Å². The monoisotopic (exact) mass is 318 g/mol. The molecule has 0 spiro atoms. The molecule has 1 aromatic carbocycles. The van der Waals surface area contributed by atoms with Crippen LogP contribution in [0.5, 0.6) is 0 Å². The van der Waals surface area contributed by atoms with Gasteiger partial charge in [0.25, 0.3) is 0 Å². The number of alkyl halides is 1. The summed E-state index contributed by atoms with van der Waals surface area (Å²) in [5.41, 5.74) is 0.950. The smallest absolute Gasteiger partial charge is 0.326 e. The fraction of sp³-hybridized carbons (Fsp3) is 0.385. The maximum Gasteiger partial charge on any atom is 0.326 e. The van der Waals surface area contributed by atoms with Crippen molar-refractivity contribution >= 4 is 40.2 Å². The maximum absolute atomic E-state index is 13.5. The van der Waals surface area contributed by atoms with Crippen molar-refractivity contribution in [3.8, 4) is 0 Å². The molecule has 4 nitrogen and oxygen atoms in total. The molecule has 108 valence electrons. The molecule has 1 heterocycles. The fourth-order valence-electron chi connectivity index (χ4n) is 1.94. The van der Waals surface area contributed by atoms with Crippen molar-refractivity contribution < 1.29 is 13.9 Å². The van der Waals surface area contributed by atoms with Crippen molar-refractivity contribution in [3.05, 3.63) is 28.8 Å². The number of fused-ring (bicyclic) bond motifs is 1. The summed E-state index contributed by atoms with van der Waals surface area (Å²) in [6.07, 6.45) is 0. The van der Waals surface area contributed by atoms with Gasteiger partial charge in [0, 0.05) is 6.07 Å². The largest absolute Gasteiger partial charge is 0.465 e. The zero-order valence-corrected chi connectivity index (χ0v) is 12.5. The van der Waals surface area contributed by atoms with Crippen molar-refractivity contribution in [2.45, 2.75) is 25.8 Å². The zero-order chi connectivity index (χ0) is 14.9. The summed E-state index contributed by atoms with van der Waals surface area (Å²) < 4.78 is 20.0. The van der Waals surface area contributed by atoms with Crippen LogP contribution in [0.15, 0.2) is 12.1 Å². The number of aromatic nitrogens is 2. The van der Waals surface area contributed by atoms with E-state index in [1.165, 1.54) is 12.1 Å². The first-order chi connectivity index (χ1) is 9.43. The molecule has 0 bridgehead atoms. The highest BCUT2D eigenvalue weighted by atomic mass is 35.5. The third-order valence-electron chi connectivity index (χ3n) is 2.77. The number of rotatable bonds is 4. The van der Waals surface area contributed by atoms with Crippen LogP contribution in [0.25, 0.3) is 11.0 Å². The molecule has 0 fully saturated rings. The molecule has 0 saturated heterocycles. The number of carbonyl (C=O) groups is 1. The molecule has 2 aromatic rings. The minimum Gasteiger partial charge on any atom is -0.465 e. The average Bonchev–Trinajstić information content (AvgIpc) is 2.69. The predicted octanol–water partition coefficient (Wildman–Crippen LogP) is 3.69. The highest BCUT2D eigenvalue weighted by Gasteiger charge is 2.19. The van der Waals surface area contributed by atoms with Crippen LogP contribution in [0.2, 0.25) is 5.02 Å². The van der Waals surface area contributed by atoms with E-state index in [4.69, 9.17) is 27.9 Å². The first-order valence-electron chi connectivity index (χ1n) is 6.09. The Bertz CT molecular complexity index is 655. The highest BCUT2D eigenvalue weighted by molar-refractivity contribution is 6.31. The first kappa shape index (κ1) is 15.1. The van der Waals surface area contributed by atoms with Crippen molar-refractivity contribution in [2.75, 3.05) is 6.61 Å². The molecule has 0 aliphatic carbocycles. The second kappa shape index (κ2) is 5.97. The molecule has 0 aliphatic rings. The van der Waals surface area contributed by atoms with E-state index >= 15 is 0 Å². The number of imidazole rings is 1. The highest BCUT2D eigenvalue weighted by Crippen LogP contribution is 2.28. The minimum absolute atomic E-state index is 0.0312. The molecule has 1 atom stereocenters. The zero-order valence-electron chi connectivity index (χ0n) is 11.0. The summed E-state index contributed by atoms with van der Waals surface area (Å²) >= 11 is 11.8. The summed E-state index contributed by atoms with van der Waals surface area (Å²) in [6, 6.07) is 2.66. The lowest BCUT2D eigenvalue weighted by Gasteiger charge is -2.09. The second-order valence-electron chi connectivity index (χ2n) is 4.23. The number of esters is 1. The van der Waals surface area contributed by atoms with Gasteiger partial charge >= 0.3 is 5.97 Å². The van der Waals surface area contributed by atoms with Crippen LogP contribution in [-0.4, -0.2) is 22.1 Å². The molecular weight excluding hydrogens is 306 g/mol. The van der Waals surface area contributed by atoms with Crippen LogP contribution >= 0.6 is 23.2 Å². The van der Waals surface area contributed by atoms with Crippen molar-refractivity contribution in [3.63, 3.8) is 0 Å². The van der Waals surface area contributed by atoms with Gasteiger partial charge in [-0.2, -0.15) is 0 Å². The molecule has 2 rings (SSSR count). The van der Waals surface area contributed by atoms with Gasteiger partial charge in [0.15, 0.2) is 0 Å². The van der Waals surface area contributed by atoms with Crippen LogP contribution in [0.4, 0.5) is 4.39 Å². The van der Waals surface area contributed by atoms with Gasteiger partial charge in [-0.25, -0.2) is 9.37 Å². The summed E-state index contributed by atoms with van der Waals surface area (Å²) in [6.45, 7) is 3.69. The molecular formula is C13H13Cl2FN2O2. The maximum atomic E-state index is 13.5. The molecule has 0 radical (unpaired) electrons. The number of halogens is 3. The van der Waals surface area contributed by atoms with Crippen LogP contribution in [-0.2, 0) is 16.1 Å². The molecule has 1 unspecified atom stereocenters. The summed E-state index contributed by atoms with van der Waals surface area (Å²) in [7, 11) is 0.